The molecule has 0 saturated carbocycles. The molecular weight excluding hydrogens is 264 g/mol. The van der Waals surface area contributed by atoms with Crippen LogP contribution in [-0.4, -0.2) is 37.0 Å². The van der Waals surface area contributed by atoms with Gasteiger partial charge >= 0.3 is 5.97 Å². The number of thioether (sulfide) groups is 1. The fraction of sp³-hybridized carbons (Fsp3) is 0.429. The summed E-state index contributed by atoms with van der Waals surface area (Å²) >= 11 is 1.45. The lowest BCUT2D eigenvalue weighted by atomic mass is 10.1. The van der Waals surface area contributed by atoms with Crippen LogP contribution in [0, 0.1) is 0 Å². The Morgan fingerprint density at radius 2 is 1.84 bits per heavy atom. The lowest BCUT2D eigenvalue weighted by Crippen LogP contribution is -2.15. The largest absolute Gasteiger partial charge is 0.497 e. The van der Waals surface area contributed by atoms with Crippen LogP contribution in [0.1, 0.15) is 23.7 Å². The maximum Gasteiger partial charge on any atom is 0.306 e. The first-order valence-corrected chi connectivity index (χ1v) is 7.00. The van der Waals surface area contributed by atoms with Gasteiger partial charge in [-0.3, -0.25) is 9.59 Å². The minimum absolute atomic E-state index is 0.0533. The van der Waals surface area contributed by atoms with Crippen LogP contribution in [0.4, 0.5) is 0 Å². The lowest BCUT2D eigenvalue weighted by Gasteiger charge is -2.10. The molecule has 1 aromatic rings. The minimum atomic E-state index is -0.253. The van der Waals surface area contributed by atoms with Crippen molar-refractivity contribution in [3.8, 4) is 5.75 Å². The molecule has 0 aliphatic rings. The van der Waals surface area contributed by atoms with Crippen molar-refractivity contribution in [1.29, 1.82) is 0 Å². The Hall–Kier alpha value is -1.49. The smallest absolute Gasteiger partial charge is 0.306 e. The number of esters is 1. The molecule has 0 heterocycles. The number of carbonyl (C=O) groups is 2. The predicted octanol–water partition coefficient (Wildman–Crippen LogP) is 2.56. The number of methoxy groups -OCH3 is 2. The number of benzene rings is 1. The second-order valence-corrected chi connectivity index (χ2v) is 5.38. The molecule has 1 unspecified atom stereocenters. The number of ether oxygens (including phenoxy) is 2. The monoisotopic (exact) mass is 282 g/mol. The quantitative estimate of drug-likeness (QED) is 0.568. The van der Waals surface area contributed by atoms with Crippen LogP contribution >= 0.6 is 11.8 Å². The standard InChI is InChI=1S/C14H18O4S/c1-10(19-9-8-13(15)18-3)14(16)11-4-6-12(17-2)7-5-11/h4-7,10H,8-9H2,1-3H3. The topological polar surface area (TPSA) is 52.6 Å². The number of rotatable bonds is 7. The zero-order chi connectivity index (χ0) is 14.3. The van der Waals surface area contributed by atoms with Gasteiger partial charge in [-0.2, -0.15) is 0 Å². The molecule has 0 amide bonds. The van der Waals surface area contributed by atoms with Crippen molar-refractivity contribution in [2.75, 3.05) is 20.0 Å². The first-order valence-electron chi connectivity index (χ1n) is 5.95. The molecule has 19 heavy (non-hydrogen) atoms. The number of Topliss-reactive ketones (excluding diaryl/α,β-unsaturated/α-hetero) is 1. The van der Waals surface area contributed by atoms with Crippen molar-refractivity contribution >= 4 is 23.5 Å². The Morgan fingerprint density at radius 1 is 1.21 bits per heavy atom. The third-order valence-corrected chi connectivity index (χ3v) is 3.80. The van der Waals surface area contributed by atoms with E-state index in [0.717, 1.165) is 5.75 Å². The summed E-state index contributed by atoms with van der Waals surface area (Å²) in [4.78, 5) is 23.1. The molecule has 0 aromatic heterocycles. The normalized spacial score (nSPS) is 11.7. The Kier molecular flexibility index (Phi) is 6.42. The average Bonchev–Trinajstić information content (AvgIpc) is 2.46. The van der Waals surface area contributed by atoms with E-state index in [1.54, 1.807) is 31.4 Å². The molecule has 1 rings (SSSR count). The molecule has 0 radical (unpaired) electrons. The first-order chi connectivity index (χ1) is 9.08. The Bertz CT molecular complexity index is 428. The van der Waals surface area contributed by atoms with E-state index in [4.69, 9.17) is 4.74 Å². The van der Waals surface area contributed by atoms with E-state index in [1.165, 1.54) is 18.9 Å². The highest BCUT2D eigenvalue weighted by molar-refractivity contribution is 8.00. The van der Waals surface area contributed by atoms with Gasteiger partial charge in [-0.25, -0.2) is 0 Å². The molecule has 0 N–H and O–H groups in total. The maximum absolute atomic E-state index is 12.1. The summed E-state index contributed by atoms with van der Waals surface area (Å²) in [5.74, 6) is 1.10. The molecule has 1 aromatic carbocycles. The van der Waals surface area contributed by atoms with Gasteiger partial charge in [0.15, 0.2) is 5.78 Å². The van der Waals surface area contributed by atoms with Gasteiger partial charge in [0.1, 0.15) is 5.75 Å². The summed E-state index contributed by atoms with van der Waals surface area (Å²) in [7, 11) is 2.95. The molecular formula is C14H18O4S. The van der Waals surface area contributed by atoms with Crippen LogP contribution in [0.5, 0.6) is 5.75 Å². The van der Waals surface area contributed by atoms with Gasteiger partial charge in [0, 0.05) is 11.3 Å². The molecule has 0 aliphatic carbocycles. The summed E-state index contributed by atoms with van der Waals surface area (Å²) in [6.07, 6.45) is 0.321. The Labute approximate surface area is 117 Å². The molecule has 4 nitrogen and oxygen atoms in total. The zero-order valence-corrected chi connectivity index (χ0v) is 12.2. The molecule has 104 valence electrons. The molecule has 0 saturated heterocycles. The fourth-order valence-electron chi connectivity index (χ4n) is 1.49. The van der Waals surface area contributed by atoms with Crippen LogP contribution < -0.4 is 4.74 Å². The SMILES string of the molecule is COC(=O)CCSC(C)C(=O)c1ccc(OC)cc1. The van der Waals surface area contributed by atoms with E-state index < -0.39 is 0 Å². The summed E-state index contributed by atoms with van der Waals surface area (Å²) in [5.41, 5.74) is 0.652. The molecule has 0 bridgehead atoms. The molecule has 0 aliphatic heterocycles. The van der Waals surface area contributed by atoms with Gasteiger partial charge in [0.2, 0.25) is 0 Å². The molecule has 0 spiro atoms. The van der Waals surface area contributed by atoms with E-state index in [0.29, 0.717) is 17.7 Å². The Morgan fingerprint density at radius 3 is 2.37 bits per heavy atom. The second kappa shape index (κ2) is 7.84. The molecule has 0 fully saturated rings. The lowest BCUT2D eigenvalue weighted by molar-refractivity contribution is -0.140. The maximum atomic E-state index is 12.1. The van der Waals surface area contributed by atoms with Gasteiger partial charge in [0.25, 0.3) is 0 Å². The third kappa shape index (κ3) is 4.95. The van der Waals surface area contributed by atoms with Gasteiger partial charge in [0.05, 0.1) is 25.9 Å². The average molecular weight is 282 g/mol. The summed E-state index contributed by atoms with van der Waals surface area (Å²) in [6, 6.07) is 7.02. The highest BCUT2D eigenvalue weighted by Gasteiger charge is 2.16. The molecule has 1 atom stereocenters. The van der Waals surface area contributed by atoms with Crippen molar-refractivity contribution in [3.05, 3.63) is 29.8 Å². The van der Waals surface area contributed by atoms with Crippen molar-refractivity contribution in [2.45, 2.75) is 18.6 Å². The summed E-state index contributed by atoms with van der Waals surface area (Å²) in [6.45, 7) is 1.84. The van der Waals surface area contributed by atoms with Crippen LogP contribution in [-0.2, 0) is 9.53 Å². The van der Waals surface area contributed by atoms with Crippen LogP contribution in [0.2, 0.25) is 0 Å². The summed E-state index contributed by atoms with van der Waals surface area (Å²) < 4.78 is 9.60. The van der Waals surface area contributed by atoms with Crippen LogP contribution in [0.3, 0.4) is 0 Å². The minimum Gasteiger partial charge on any atom is -0.497 e. The van der Waals surface area contributed by atoms with E-state index in [1.807, 2.05) is 6.92 Å². The summed E-state index contributed by atoms with van der Waals surface area (Å²) in [5, 5.41) is -0.182. The number of hydrogen-bond acceptors (Lipinski definition) is 5. The molecule has 5 heteroatoms. The van der Waals surface area contributed by atoms with Crippen molar-refractivity contribution in [1.82, 2.24) is 0 Å². The highest BCUT2D eigenvalue weighted by atomic mass is 32.2. The predicted molar refractivity (Wildman–Crippen MR) is 75.9 cm³/mol. The third-order valence-electron chi connectivity index (χ3n) is 2.65. The zero-order valence-electron chi connectivity index (χ0n) is 11.3. The van der Waals surface area contributed by atoms with E-state index >= 15 is 0 Å². The van der Waals surface area contributed by atoms with E-state index in [9.17, 15) is 9.59 Å². The van der Waals surface area contributed by atoms with Crippen molar-refractivity contribution in [2.24, 2.45) is 0 Å². The van der Waals surface area contributed by atoms with Crippen LogP contribution in [0.15, 0.2) is 24.3 Å². The first kappa shape index (κ1) is 15.6. The van der Waals surface area contributed by atoms with Crippen molar-refractivity contribution < 1.29 is 19.1 Å². The van der Waals surface area contributed by atoms with E-state index in [2.05, 4.69) is 4.74 Å². The number of hydrogen-bond donors (Lipinski definition) is 0. The highest BCUT2D eigenvalue weighted by Crippen LogP contribution is 2.19. The number of ketones is 1. The van der Waals surface area contributed by atoms with Gasteiger partial charge in [-0.1, -0.05) is 0 Å². The van der Waals surface area contributed by atoms with Gasteiger partial charge < -0.3 is 9.47 Å². The van der Waals surface area contributed by atoms with Crippen LogP contribution in [0.25, 0.3) is 0 Å². The number of carbonyl (C=O) groups excluding carboxylic acids is 2. The fourth-order valence-corrected chi connectivity index (χ4v) is 2.41. The van der Waals surface area contributed by atoms with E-state index in [-0.39, 0.29) is 17.0 Å². The second-order valence-electron chi connectivity index (χ2n) is 3.93. The van der Waals surface area contributed by atoms with Gasteiger partial charge in [-0.05, 0) is 31.2 Å². The Balaban J connectivity index is 2.49. The van der Waals surface area contributed by atoms with Crippen molar-refractivity contribution in [3.63, 3.8) is 0 Å². The van der Waals surface area contributed by atoms with Gasteiger partial charge in [-0.15, -0.1) is 11.8 Å².